The summed E-state index contributed by atoms with van der Waals surface area (Å²) < 4.78 is 0. The predicted molar refractivity (Wildman–Crippen MR) is 104 cm³/mol. The van der Waals surface area contributed by atoms with Crippen molar-refractivity contribution in [1.82, 2.24) is 9.97 Å². The molecule has 0 radical (unpaired) electrons. The number of hydrogen-bond acceptors (Lipinski definition) is 6. The third-order valence-corrected chi connectivity index (χ3v) is 5.52. The Labute approximate surface area is 153 Å². The van der Waals surface area contributed by atoms with Gasteiger partial charge in [0.15, 0.2) is 0 Å². The lowest BCUT2D eigenvalue weighted by molar-refractivity contribution is 0.208. The number of thioether (sulfide) groups is 1. The lowest BCUT2D eigenvalue weighted by Crippen LogP contribution is -2.37. The van der Waals surface area contributed by atoms with Crippen molar-refractivity contribution in [2.24, 2.45) is 5.92 Å². The van der Waals surface area contributed by atoms with Crippen molar-refractivity contribution in [3.63, 3.8) is 0 Å². The summed E-state index contributed by atoms with van der Waals surface area (Å²) in [5, 5.41) is 13.3. The summed E-state index contributed by atoms with van der Waals surface area (Å²) in [4.78, 5) is 12.3. The van der Waals surface area contributed by atoms with Gasteiger partial charge in [-0.2, -0.15) is 0 Å². The third-order valence-electron chi connectivity index (χ3n) is 4.40. The molecule has 0 spiro atoms. The van der Waals surface area contributed by atoms with Crippen LogP contribution < -0.4 is 10.2 Å². The number of rotatable bonds is 7. The number of nitrogens with one attached hydrogen (secondary N) is 1. The van der Waals surface area contributed by atoms with E-state index < -0.39 is 0 Å². The molecular weight excluding hydrogens is 332 g/mol. The molecule has 1 fully saturated rings. The van der Waals surface area contributed by atoms with Crippen molar-refractivity contribution < 1.29 is 5.11 Å². The van der Waals surface area contributed by atoms with Gasteiger partial charge in [-0.15, -0.1) is 11.8 Å². The fourth-order valence-electron chi connectivity index (χ4n) is 3.06. The van der Waals surface area contributed by atoms with Crippen LogP contribution in [0, 0.1) is 5.92 Å². The topological polar surface area (TPSA) is 61.3 Å². The Morgan fingerprint density at radius 2 is 2.16 bits per heavy atom. The minimum absolute atomic E-state index is 0.251. The van der Waals surface area contributed by atoms with Crippen LogP contribution in [0.15, 0.2) is 47.6 Å². The normalized spacial score (nSPS) is 18.8. The second kappa shape index (κ2) is 9.06. The zero-order valence-corrected chi connectivity index (χ0v) is 15.5. The first kappa shape index (κ1) is 18.0. The molecule has 25 heavy (non-hydrogen) atoms. The molecule has 2 unspecified atom stereocenters. The van der Waals surface area contributed by atoms with Crippen LogP contribution in [0.2, 0.25) is 0 Å². The summed E-state index contributed by atoms with van der Waals surface area (Å²) in [7, 11) is 0. The van der Waals surface area contributed by atoms with Gasteiger partial charge in [-0.3, -0.25) is 0 Å². The number of nitrogens with zero attached hydrogens (tertiary/aromatic N) is 3. The van der Waals surface area contributed by atoms with Crippen molar-refractivity contribution in [2.45, 2.75) is 29.9 Å². The fourth-order valence-corrected chi connectivity index (χ4v) is 4.01. The van der Waals surface area contributed by atoms with E-state index in [-0.39, 0.29) is 6.61 Å². The van der Waals surface area contributed by atoms with Gasteiger partial charge in [-0.25, -0.2) is 9.97 Å². The molecule has 0 saturated carbocycles. The third kappa shape index (κ3) is 5.34. The van der Waals surface area contributed by atoms with Crippen LogP contribution in [0.1, 0.15) is 19.8 Å². The molecule has 0 bridgehead atoms. The van der Waals surface area contributed by atoms with E-state index in [9.17, 15) is 5.11 Å². The lowest BCUT2D eigenvalue weighted by Gasteiger charge is -2.32. The highest BCUT2D eigenvalue weighted by Gasteiger charge is 2.20. The Morgan fingerprint density at radius 3 is 2.96 bits per heavy atom. The molecule has 1 aromatic carbocycles. The van der Waals surface area contributed by atoms with Crippen LogP contribution in [0.3, 0.4) is 0 Å². The summed E-state index contributed by atoms with van der Waals surface area (Å²) >= 11 is 1.85. The van der Waals surface area contributed by atoms with E-state index in [1.165, 1.54) is 4.90 Å². The van der Waals surface area contributed by atoms with Crippen LogP contribution in [-0.4, -0.2) is 46.6 Å². The first-order valence-electron chi connectivity index (χ1n) is 8.88. The molecule has 2 aromatic rings. The summed E-state index contributed by atoms with van der Waals surface area (Å²) in [5.41, 5.74) is 0. The number of benzene rings is 1. The number of aromatic nitrogens is 2. The molecule has 0 amide bonds. The average molecular weight is 359 g/mol. The van der Waals surface area contributed by atoms with Crippen LogP contribution in [0.5, 0.6) is 0 Å². The Hall–Kier alpha value is -1.79. The maximum absolute atomic E-state index is 9.40. The van der Waals surface area contributed by atoms with Gasteiger partial charge in [-0.1, -0.05) is 25.1 Å². The van der Waals surface area contributed by atoms with Gasteiger partial charge in [0.05, 0.1) is 0 Å². The largest absolute Gasteiger partial charge is 0.396 e. The van der Waals surface area contributed by atoms with E-state index in [0.717, 1.165) is 44.1 Å². The molecule has 3 rings (SSSR count). The standard InChI is InChI=1S/C19H26N4OS/c1-15(25-17-7-3-2-4-8-17)11-20-18-10-19(22-14-21-18)23-9-5-6-16(12-23)13-24/h2-4,7-8,10,14-16,24H,5-6,9,11-13H2,1H3,(H,20,21,22). The van der Waals surface area contributed by atoms with Crippen LogP contribution in [-0.2, 0) is 0 Å². The van der Waals surface area contributed by atoms with Gasteiger partial charge in [0.25, 0.3) is 0 Å². The van der Waals surface area contributed by atoms with Gasteiger partial charge < -0.3 is 15.3 Å². The van der Waals surface area contributed by atoms with Gasteiger partial charge in [0, 0.05) is 42.5 Å². The van der Waals surface area contributed by atoms with Gasteiger partial charge in [0.1, 0.15) is 18.0 Å². The zero-order valence-electron chi connectivity index (χ0n) is 14.6. The average Bonchev–Trinajstić information content (AvgIpc) is 2.67. The molecule has 1 saturated heterocycles. The second-order valence-electron chi connectivity index (χ2n) is 6.52. The first-order valence-corrected chi connectivity index (χ1v) is 9.76. The number of aliphatic hydroxyl groups excluding tert-OH is 1. The number of piperidine rings is 1. The maximum Gasteiger partial charge on any atom is 0.134 e. The van der Waals surface area contributed by atoms with E-state index >= 15 is 0 Å². The van der Waals surface area contributed by atoms with Crippen molar-refractivity contribution >= 4 is 23.4 Å². The quantitative estimate of drug-likeness (QED) is 0.741. The van der Waals surface area contributed by atoms with Crippen molar-refractivity contribution in [2.75, 3.05) is 36.5 Å². The molecule has 2 atom stereocenters. The smallest absolute Gasteiger partial charge is 0.134 e. The van der Waals surface area contributed by atoms with E-state index in [1.807, 2.05) is 23.9 Å². The Kier molecular flexibility index (Phi) is 6.53. The molecule has 0 aliphatic carbocycles. The van der Waals surface area contributed by atoms with Crippen molar-refractivity contribution in [3.8, 4) is 0 Å². The highest BCUT2D eigenvalue weighted by atomic mass is 32.2. The Bertz CT molecular complexity index is 655. The van der Waals surface area contributed by atoms with Gasteiger partial charge in [-0.05, 0) is 30.9 Å². The molecular formula is C19H26N4OS. The van der Waals surface area contributed by atoms with Crippen molar-refractivity contribution in [3.05, 3.63) is 42.7 Å². The second-order valence-corrected chi connectivity index (χ2v) is 8.03. The zero-order chi connectivity index (χ0) is 17.5. The molecule has 1 aliphatic heterocycles. The van der Waals surface area contributed by atoms with E-state index in [1.54, 1.807) is 6.33 Å². The molecule has 2 N–H and O–H groups in total. The van der Waals surface area contributed by atoms with Crippen LogP contribution >= 0.6 is 11.8 Å². The van der Waals surface area contributed by atoms with Crippen LogP contribution in [0.25, 0.3) is 0 Å². The summed E-state index contributed by atoms with van der Waals surface area (Å²) in [5.74, 6) is 2.15. The Morgan fingerprint density at radius 1 is 1.32 bits per heavy atom. The van der Waals surface area contributed by atoms with E-state index in [4.69, 9.17) is 0 Å². The summed E-state index contributed by atoms with van der Waals surface area (Å²) in [6.07, 6.45) is 3.81. The van der Waals surface area contributed by atoms with Gasteiger partial charge >= 0.3 is 0 Å². The fraction of sp³-hybridized carbons (Fsp3) is 0.474. The van der Waals surface area contributed by atoms with E-state index in [2.05, 4.69) is 51.4 Å². The summed E-state index contributed by atoms with van der Waals surface area (Å²) in [6.45, 7) is 5.17. The number of anilines is 2. The van der Waals surface area contributed by atoms with Gasteiger partial charge in [0.2, 0.25) is 0 Å². The van der Waals surface area contributed by atoms with Crippen molar-refractivity contribution in [1.29, 1.82) is 0 Å². The molecule has 1 aliphatic rings. The molecule has 2 heterocycles. The first-order chi connectivity index (χ1) is 12.2. The minimum Gasteiger partial charge on any atom is -0.396 e. The highest BCUT2D eigenvalue weighted by Crippen LogP contribution is 2.24. The SMILES string of the molecule is CC(CNc1cc(N2CCCC(CO)C2)ncn1)Sc1ccccc1. The molecule has 5 nitrogen and oxygen atoms in total. The minimum atomic E-state index is 0.251. The monoisotopic (exact) mass is 358 g/mol. The molecule has 134 valence electrons. The van der Waals surface area contributed by atoms with Crippen LogP contribution in [0.4, 0.5) is 11.6 Å². The molecule has 6 heteroatoms. The highest BCUT2D eigenvalue weighted by molar-refractivity contribution is 8.00. The number of hydrogen-bond donors (Lipinski definition) is 2. The van der Waals surface area contributed by atoms with E-state index in [0.29, 0.717) is 11.2 Å². The predicted octanol–water partition coefficient (Wildman–Crippen LogP) is 3.28. The Balaban J connectivity index is 1.54. The lowest BCUT2D eigenvalue weighted by atomic mass is 9.99. The maximum atomic E-state index is 9.40. The molecule has 1 aromatic heterocycles. The number of aliphatic hydroxyl groups is 1. The summed E-state index contributed by atoms with van der Waals surface area (Å²) in [6, 6.07) is 12.5.